The second kappa shape index (κ2) is 7.41. The van der Waals surface area contributed by atoms with Gasteiger partial charge in [-0.2, -0.15) is 0 Å². The molecule has 0 radical (unpaired) electrons. The Labute approximate surface area is 132 Å². The van der Waals surface area contributed by atoms with Crippen LogP contribution in [0.3, 0.4) is 0 Å². The molecule has 0 aliphatic heterocycles. The van der Waals surface area contributed by atoms with Crippen molar-refractivity contribution < 1.29 is 0 Å². The third-order valence-electron chi connectivity index (χ3n) is 2.95. The minimum Gasteiger partial charge on any atom is -0.316 e. The van der Waals surface area contributed by atoms with Gasteiger partial charge in [0.05, 0.1) is 7.57 Å². The lowest BCUT2D eigenvalue weighted by molar-refractivity contribution is 0.308. The van der Waals surface area contributed by atoms with Crippen LogP contribution in [0.4, 0.5) is 0 Å². The number of rotatable bonds is 7. The quantitative estimate of drug-likeness (QED) is 0.643. The highest BCUT2D eigenvalue weighted by molar-refractivity contribution is 9.12. The predicted octanol–water partition coefficient (Wildman–Crippen LogP) is 5.48. The molecule has 0 aromatic carbocycles. The summed E-state index contributed by atoms with van der Waals surface area (Å²) in [6.45, 7) is 11.4. The van der Waals surface area contributed by atoms with Crippen LogP contribution in [0, 0.1) is 11.3 Å². The Bertz CT molecular complexity index is 372. The molecular formula is C14H23Br2NS. The Kier molecular flexibility index (Phi) is 6.87. The number of nitrogens with one attached hydrogen (secondary N) is 1. The first-order valence-corrected chi connectivity index (χ1v) is 8.85. The predicted molar refractivity (Wildman–Crippen MR) is 89.5 cm³/mol. The summed E-state index contributed by atoms with van der Waals surface area (Å²) >= 11 is 8.93. The largest absolute Gasteiger partial charge is 0.316 e. The van der Waals surface area contributed by atoms with Gasteiger partial charge in [0, 0.05) is 6.54 Å². The number of hydrogen-bond acceptors (Lipinski definition) is 2. The van der Waals surface area contributed by atoms with Crippen LogP contribution < -0.4 is 5.32 Å². The first-order valence-electron chi connectivity index (χ1n) is 6.44. The average Bonchev–Trinajstić information content (AvgIpc) is 2.53. The Morgan fingerprint density at radius 3 is 2.50 bits per heavy atom. The second-order valence-corrected chi connectivity index (χ2v) is 9.79. The third-order valence-corrected chi connectivity index (χ3v) is 5.42. The number of hydrogen-bond donors (Lipinski definition) is 1. The minimum absolute atomic E-state index is 0.350. The van der Waals surface area contributed by atoms with Gasteiger partial charge in [0.25, 0.3) is 0 Å². The van der Waals surface area contributed by atoms with E-state index in [9.17, 15) is 0 Å². The van der Waals surface area contributed by atoms with Crippen molar-refractivity contribution in [2.45, 2.75) is 40.5 Å². The van der Waals surface area contributed by atoms with Crippen molar-refractivity contribution in [3.63, 3.8) is 0 Å². The van der Waals surface area contributed by atoms with E-state index >= 15 is 0 Å². The molecule has 0 spiro atoms. The summed E-state index contributed by atoms with van der Waals surface area (Å²) in [6.07, 6.45) is 2.35. The Hall–Kier alpha value is 0.620. The van der Waals surface area contributed by atoms with Crippen LogP contribution in [0.15, 0.2) is 13.6 Å². The molecule has 18 heavy (non-hydrogen) atoms. The summed E-state index contributed by atoms with van der Waals surface area (Å²) < 4.78 is 2.47. The number of aryl methyl sites for hydroxylation is 1. The van der Waals surface area contributed by atoms with E-state index in [1.807, 2.05) is 0 Å². The summed E-state index contributed by atoms with van der Waals surface area (Å²) in [6, 6.07) is 2.23. The topological polar surface area (TPSA) is 12.0 Å². The summed E-state index contributed by atoms with van der Waals surface area (Å²) in [5.41, 5.74) is 1.77. The highest BCUT2D eigenvalue weighted by Gasteiger charge is 2.18. The van der Waals surface area contributed by atoms with Crippen LogP contribution in [-0.2, 0) is 6.42 Å². The zero-order valence-electron chi connectivity index (χ0n) is 11.6. The van der Waals surface area contributed by atoms with Crippen molar-refractivity contribution in [3.8, 4) is 0 Å². The van der Waals surface area contributed by atoms with Gasteiger partial charge in [0.1, 0.15) is 0 Å². The van der Waals surface area contributed by atoms with Gasteiger partial charge in [-0.05, 0) is 74.2 Å². The van der Waals surface area contributed by atoms with Crippen LogP contribution in [0.25, 0.3) is 0 Å². The fourth-order valence-corrected chi connectivity index (χ4v) is 4.72. The zero-order valence-corrected chi connectivity index (χ0v) is 15.6. The fourth-order valence-electron chi connectivity index (χ4n) is 1.81. The fraction of sp³-hybridized carbons (Fsp3) is 0.714. The lowest BCUT2D eigenvalue weighted by atomic mass is 9.86. The van der Waals surface area contributed by atoms with Crippen molar-refractivity contribution in [1.82, 2.24) is 5.32 Å². The lowest BCUT2D eigenvalue weighted by Crippen LogP contribution is -2.32. The molecule has 0 unspecified atom stereocenters. The van der Waals surface area contributed by atoms with E-state index in [0.717, 1.165) is 25.4 Å². The van der Waals surface area contributed by atoms with Crippen molar-refractivity contribution in [3.05, 3.63) is 19.2 Å². The monoisotopic (exact) mass is 395 g/mol. The molecule has 1 nitrogen and oxygen atoms in total. The van der Waals surface area contributed by atoms with Gasteiger partial charge in [-0.15, -0.1) is 11.3 Å². The molecule has 0 aliphatic carbocycles. The molecule has 1 aromatic rings. The van der Waals surface area contributed by atoms with Gasteiger partial charge in [-0.25, -0.2) is 0 Å². The minimum atomic E-state index is 0.350. The maximum atomic E-state index is 3.63. The highest BCUT2D eigenvalue weighted by Crippen LogP contribution is 2.34. The van der Waals surface area contributed by atoms with Crippen LogP contribution >= 0.6 is 43.2 Å². The number of thiophene rings is 1. The van der Waals surface area contributed by atoms with E-state index in [1.165, 1.54) is 19.6 Å². The maximum absolute atomic E-state index is 3.63. The van der Waals surface area contributed by atoms with Gasteiger partial charge < -0.3 is 5.32 Å². The summed E-state index contributed by atoms with van der Waals surface area (Å²) in [4.78, 5) is 0. The van der Waals surface area contributed by atoms with Crippen LogP contribution in [-0.4, -0.2) is 13.1 Å². The van der Waals surface area contributed by atoms with Gasteiger partial charge in [-0.1, -0.05) is 27.7 Å². The van der Waals surface area contributed by atoms with Crippen molar-refractivity contribution in [2.75, 3.05) is 13.1 Å². The average molecular weight is 397 g/mol. The van der Waals surface area contributed by atoms with Gasteiger partial charge in [0.15, 0.2) is 0 Å². The van der Waals surface area contributed by atoms with E-state index in [4.69, 9.17) is 0 Å². The molecule has 0 amide bonds. The molecule has 1 aromatic heterocycles. The van der Waals surface area contributed by atoms with Gasteiger partial charge in [0.2, 0.25) is 0 Å². The SMILES string of the molecule is CC(C)CNCC(C)(C)CCc1cc(Br)sc1Br. The number of halogens is 2. The molecule has 0 fully saturated rings. The van der Waals surface area contributed by atoms with E-state index in [0.29, 0.717) is 5.41 Å². The van der Waals surface area contributed by atoms with Crippen molar-refractivity contribution >= 4 is 43.2 Å². The summed E-state index contributed by atoms with van der Waals surface area (Å²) in [5, 5.41) is 3.56. The van der Waals surface area contributed by atoms with Crippen LogP contribution in [0.5, 0.6) is 0 Å². The first kappa shape index (κ1) is 16.7. The van der Waals surface area contributed by atoms with Crippen molar-refractivity contribution in [1.29, 1.82) is 0 Å². The molecule has 0 aliphatic rings. The van der Waals surface area contributed by atoms with Crippen molar-refractivity contribution in [2.24, 2.45) is 11.3 Å². The van der Waals surface area contributed by atoms with E-state index < -0.39 is 0 Å². The van der Waals surface area contributed by atoms with Gasteiger partial charge in [-0.3, -0.25) is 0 Å². The normalized spacial score (nSPS) is 12.4. The lowest BCUT2D eigenvalue weighted by Gasteiger charge is -2.25. The molecule has 1 N–H and O–H groups in total. The maximum Gasteiger partial charge on any atom is 0.0742 e. The molecule has 0 saturated carbocycles. The van der Waals surface area contributed by atoms with E-state index in [2.05, 4.69) is 70.9 Å². The Morgan fingerprint density at radius 2 is 2.00 bits per heavy atom. The first-order chi connectivity index (χ1) is 8.30. The van der Waals surface area contributed by atoms with Crippen LogP contribution in [0.1, 0.15) is 39.7 Å². The molecular weight excluding hydrogens is 374 g/mol. The van der Waals surface area contributed by atoms with Gasteiger partial charge >= 0.3 is 0 Å². The molecule has 0 saturated heterocycles. The molecule has 104 valence electrons. The zero-order chi connectivity index (χ0) is 13.8. The van der Waals surface area contributed by atoms with E-state index in [1.54, 1.807) is 11.3 Å². The molecule has 0 bridgehead atoms. The third kappa shape index (κ3) is 6.18. The molecule has 1 rings (SSSR count). The highest BCUT2D eigenvalue weighted by atomic mass is 79.9. The van der Waals surface area contributed by atoms with E-state index in [-0.39, 0.29) is 0 Å². The Balaban J connectivity index is 2.39. The summed E-state index contributed by atoms with van der Waals surface area (Å²) in [7, 11) is 0. The molecule has 1 heterocycles. The second-order valence-electron chi connectivity index (χ2n) is 6.04. The summed E-state index contributed by atoms with van der Waals surface area (Å²) in [5.74, 6) is 0.725. The van der Waals surface area contributed by atoms with Crippen LogP contribution in [0.2, 0.25) is 0 Å². The smallest absolute Gasteiger partial charge is 0.0742 e. The molecule has 0 atom stereocenters. The standard InChI is InChI=1S/C14H23Br2NS/c1-10(2)8-17-9-14(3,4)6-5-11-7-12(15)18-13(11)16/h7,10,17H,5-6,8-9H2,1-4H3. The molecule has 4 heteroatoms. The Morgan fingerprint density at radius 1 is 1.33 bits per heavy atom.